The Hall–Kier alpha value is -1.54. The minimum Gasteiger partial charge on any atom is -0.481 e. The molecule has 8 nitrogen and oxygen atoms in total. The average molecular weight is 267 g/mol. The third-order valence-electron chi connectivity index (χ3n) is 3.56. The SMILES string of the molecule is O=C(O)CC1COCCN1Cc1nnnn1C1CC1. The number of aromatic nitrogens is 4. The Kier molecular flexibility index (Phi) is 3.43. The van der Waals surface area contributed by atoms with Crippen LogP contribution in [0.3, 0.4) is 0 Å². The molecule has 19 heavy (non-hydrogen) atoms. The normalized spacial score (nSPS) is 24.5. The summed E-state index contributed by atoms with van der Waals surface area (Å²) in [5.74, 6) is 0.0158. The van der Waals surface area contributed by atoms with E-state index in [-0.39, 0.29) is 12.5 Å². The van der Waals surface area contributed by atoms with Crippen molar-refractivity contribution in [2.24, 2.45) is 0 Å². The molecule has 2 fully saturated rings. The number of ether oxygens (including phenoxy) is 1. The van der Waals surface area contributed by atoms with Gasteiger partial charge in [-0.15, -0.1) is 5.10 Å². The summed E-state index contributed by atoms with van der Waals surface area (Å²) in [5.41, 5.74) is 0. The summed E-state index contributed by atoms with van der Waals surface area (Å²) in [6.45, 7) is 2.39. The minimum absolute atomic E-state index is 0.0883. The van der Waals surface area contributed by atoms with E-state index in [1.54, 1.807) is 0 Å². The van der Waals surface area contributed by atoms with Crippen LogP contribution in [-0.4, -0.2) is 62.0 Å². The maximum atomic E-state index is 10.9. The molecule has 2 aliphatic rings. The molecule has 0 bridgehead atoms. The van der Waals surface area contributed by atoms with Crippen LogP contribution in [0, 0.1) is 0 Å². The van der Waals surface area contributed by atoms with E-state index in [9.17, 15) is 4.79 Å². The molecule has 1 unspecified atom stereocenters. The van der Waals surface area contributed by atoms with Gasteiger partial charge >= 0.3 is 5.97 Å². The fourth-order valence-electron chi connectivity index (χ4n) is 2.39. The second-order valence-electron chi connectivity index (χ2n) is 5.07. The van der Waals surface area contributed by atoms with Crippen molar-refractivity contribution in [2.45, 2.75) is 37.9 Å². The third-order valence-corrected chi connectivity index (χ3v) is 3.56. The van der Waals surface area contributed by atoms with Gasteiger partial charge in [0.1, 0.15) is 0 Å². The van der Waals surface area contributed by atoms with E-state index in [0.717, 1.165) is 25.2 Å². The lowest BCUT2D eigenvalue weighted by molar-refractivity contribution is -0.140. The molecular weight excluding hydrogens is 250 g/mol. The molecule has 1 atom stereocenters. The van der Waals surface area contributed by atoms with Crippen molar-refractivity contribution in [1.82, 2.24) is 25.1 Å². The lowest BCUT2D eigenvalue weighted by atomic mass is 10.1. The Labute approximate surface area is 110 Å². The molecule has 1 saturated heterocycles. The minimum atomic E-state index is -0.803. The van der Waals surface area contributed by atoms with Crippen LogP contribution in [0.2, 0.25) is 0 Å². The molecule has 3 rings (SSSR count). The fraction of sp³-hybridized carbons (Fsp3) is 0.818. The van der Waals surface area contributed by atoms with Crippen LogP contribution in [0.25, 0.3) is 0 Å². The summed E-state index contributed by atoms with van der Waals surface area (Å²) in [7, 11) is 0. The number of morpholine rings is 1. The average Bonchev–Trinajstić information content (AvgIpc) is 3.12. The van der Waals surface area contributed by atoms with Gasteiger partial charge in [0.05, 0.1) is 32.2 Å². The first-order valence-corrected chi connectivity index (χ1v) is 6.54. The molecule has 0 spiro atoms. The summed E-state index contributed by atoms with van der Waals surface area (Å²) in [6, 6.07) is 0.333. The highest BCUT2D eigenvalue weighted by Crippen LogP contribution is 2.34. The van der Waals surface area contributed by atoms with Gasteiger partial charge in [-0.2, -0.15) is 0 Å². The van der Waals surface area contributed by atoms with Crippen molar-refractivity contribution in [1.29, 1.82) is 0 Å². The Balaban J connectivity index is 1.68. The molecule has 0 radical (unpaired) electrons. The van der Waals surface area contributed by atoms with Crippen molar-refractivity contribution >= 4 is 5.97 Å². The Morgan fingerprint density at radius 1 is 1.47 bits per heavy atom. The first kappa shape index (κ1) is 12.5. The number of carbonyl (C=O) groups is 1. The summed E-state index contributed by atoms with van der Waals surface area (Å²) in [5, 5.41) is 20.7. The zero-order valence-electron chi connectivity index (χ0n) is 10.6. The predicted molar refractivity (Wildman–Crippen MR) is 63.4 cm³/mol. The van der Waals surface area contributed by atoms with Crippen LogP contribution in [-0.2, 0) is 16.1 Å². The van der Waals surface area contributed by atoms with Crippen LogP contribution in [0.5, 0.6) is 0 Å². The first-order valence-electron chi connectivity index (χ1n) is 6.54. The Morgan fingerprint density at radius 3 is 3.05 bits per heavy atom. The highest BCUT2D eigenvalue weighted by Gasteiger charge is 2.31. The van der Waals surface area contributed by atoms with E-state index >= 15 is 0 Å². The standard InChI is InChI=1S/C11H17N5O3/c17-11(18)5-9-7-19-4-3-15(9)6-10-12-13-14-16(10)8-1-2-8/h8-9H,1-7H2,(H,17,18). The van der Waals surface area contributed by atoms with E-state index < -0.39 is 5.97 Å². The van der Waals surface area contributed by atoms with Gasteiger partial charge < -0.3 is 9.84 Å². The van der Waals surface area contributed by atoms with Crippen molar-refractivity contribution in [3.05, 3.63) is 5.82 Å². The van der Waals surface area contributed by atoms with E-state index in [1.165, 1.54) is 0 Å². The van der Waals surface area contributed by atoms with Crippen LogP contribution >= 0.6 is 0 Å². The molecule has 1 aliphatic carbocycles. The van der Waals surface area contributed by atoms with E-state index in [4.69, 9.17) is 9.84 Å². The van der Waals surface area contributed by atoms with Crippen LogP contribution in [0.4, 0.5) is 0 Å². The third kappa shape index (κ3) is 2.90. The number of carboxylic acid groups (broad SMARTS) is 1. The van der Waals surface area contributed by atoms with Gasteiger partial charge in [-0.05, 0) is 23.3 Å². The summed E-state index contributed by atoms with van der Waals surface area (Å²) in [4.78, 5) is 13.0. The van der Waals surface area contributed by atoms with Gasteiger partial charge in [-0.25, -0.2) is 4.68 Å². The number of tetrazole rings is 1. The molecule has 1 saturated carbocycles. The lowest BCUT2D eigenvalue weighted by Gasteiger charge is -2.34. The van der Waals surface area contributed by atoms with E-state index in [1.807, 2.05) is 4.68 Å². The number of nitrogens with zero attached hydrogens (tertiary/aromatic N) is 5. The first-order chi connectivity index (χ1) is 9.24. The van der Waals surface area contributed by atoms with Crippen LogP contribution < -0.4 is 0 Å². The number of carboxylic acids is 1. The topological polar surface area (TPSA) is 93.4 Å². The van der Waals surface area contributed by atoms with Crippen LogP contribution in [0.15, 0.2) is 0 Å². The van der Waals surface area contributed by atoms with Gasteiger partial charge in [0, 0.05) is 12.6 Å². The van der Waals surface area contributed by atoms with Gasteiger partial charge in [0.2, 0.25) is 0 Å². The largest absolute Gasteiger partial charge is 0.481 e. The molecule has 0 amide bonds. The van der Waals surface area contributed by atoms with Gasteiger partial charge in [-0.3, -0.25) is 9.69 Å². The van der Waals surface area contributed by atoms with Crippen LogP contribution in [0.1, 0.15) is 31.1 Å². The monoisotopic (exact) mass is 267 g/mol. The Morgan fingerprint density at radius 2 is 2.32 bits per heavy atom. The molecule has 8 heteroatoms. The zero-order valence-corrected chi connectivity index (χ0v) is 10.6. The van der Waals surface area contributed by atoms with Gasteiger partial charge in [-0.1, -0.05) is 0 Å². The van der Waals surface area contributed by atoms with E-state index in [2.05, 4.69) is 20.4 Å². The molecule has 1 aliphatic heterocycles. The molecular formula is C11H17N5O3. The molecule has 2 heterocycles. The second-order valence-corrected chi connectivity index (χ2v) is 5.07. The quantitative estimate of drug-likeness (QED) is 0.781. The molecule has 1 aromatic rings. The summed E-state index contributed by atoms with van der Waals surface area (Å²) >= 11 is 0. The molecule has 1 aromatic heterocycles. The van der Waals surface area contributed by atoms with Crippen molar-refractivity contribution in [3.63, 3.8) is 0 Å². The van der Waals surface area contributed by atoms with Gasteiger partial charge in [0.15, 0.2) is 5.82 Å². The van der Waals surface area contributed by atoms with E-state index in [0.29, 0.717) is 25.8 Å². The maximum absolute atomic E-state index is 10.9. The molecule has 1 N–H and O–H groups in total. The number of rotatable bonds is 5. The van der Waals surface area contributed by atoms with Crippen molar-refractivity contribution in [3.8, 4) is 0 Å². The molecule has 104 valence electrons. The van der Waals surface area contributed by atoms with Crippen molar-refractivity contribution < 1.29 is 14.6 Å². The number of hydrogen-bond donors (Lipinski definition) is 1. The van der Waals surface area contributed by atoms with Gasteiger partial charge in [0.25, 0.3) is 0 Å². The highest BCUT2D eigenvalue weighted by atomic mass is 16.5. The summed E-state index contributed by atoms with van der Waals surface area (Å²) < 4.78 is 7.23. The number of hydrogen-bond acceptors (Lipinski definition) is 6. The fourth-order valence-corrected chi connectivity index (χ4v) is 2.39. The predicted octanol–water partition coefficient (Wildman–Crippen LogP) is -0.317. The highest BCUT2D eigenvalue weighted by molar-refractivity contribution is 5.67. The van der Waals surface area contributed by atoms with Crippen molar-refractivity contribution in [2.75, 3.05) is 19.8 Å². The Bertz CT molecular complexity index is 459. The second kappa shape index (κ2) is 5.22. The maximum Gasteiger partial charge on any atom is 0.305 e. The molecule has 0 aromatic carbocycles. The number of aliphatic carboxylic acids is 1. The lowest BCUT2D eigenvalue weighted by Crippen LogP contribution is -2.46. The zero-order chi connectivity index (χ0) is 13.2. The summed E-state index contributed by atoms with van der Waals surface area (Å²) in [6.07, 6.45) is 2.34. The smallest absolute Gasteiger partial charge is 0.305 e.